The van der Waals surface area contributed by atoms with Crippen molar-refractivity contribution in [1.29, 1.82) is 0 Å². The summed E-state index contributed by atoms with van der Waals surface area (Å²) in [5, 5.41) is 3.60. The average molecular weight is 251 g/mol. The molecule has 1 heterocycles. The van der Waals surface area contributed by atoms with Crippen molar-refractivity contribution in [2.24, 2.45) is 0 Å². The Bertz CT molecular complexity index is 306. The molecule has 18 heavy (non-hydrogen) atoms. The molecular weight excluding hydrogens is 222 g/mol. The number of aromatic nitrogens is 2. The zero-order valence-corrected chi connectivity index (χ0v) is 12.3. The van der Waals surface area contributed by atoms with Gasteiger partial charge in [-0.3, -0.25) is 0 Å². The molecule has 0 saturated carbocycles. The van der Waals surface area contributed by atoms with E-state index in [1.165, 1.54) is 37.9 Å². The summed E-state index contributed by atoms with van der Waals surface area (Å²) in [6, 6.07) is 0.583. The molecule has 0 aliphatic heterocycles. The maximum atomic E-state index is 4.48. The molecule has 1 N–H and O–H groups in total. The minimum Gasteiger partial charge on any atom is -0.335 e. The summed E-state index contributed by atoms with van der Waals surface area (Å²) in [5.41, 5.74) is 0. The molecule has 3 heteroatoms. The van der Waals surface area contributed by atoms with Crippen LogP contribution in [0.25, 0.3) is 0 Å². The predicted octanol–water partition coefficient (Wildman–Crippen LogP) is 3.39. The number of nitrogens with one attached hydrogen (secondary N) is 1. The van der Waals surface area contributed by atoms with Crippen LogP contribution in [0.2, 0.25) is 0 Å². The van der Waals surface area contributed by atoms with Gasteiger partial charge in [0.25, 0.3) is 0 Å². The standard InChI is InChI=1S/C15H29N3/c1-4-7-8-9-10-14(16-5-2)13-15-17-11-12-18(15)6-3/h11-12,14,16H,4-10,13H2,1-3H3. The highest BCUT2D eigenvalue weighted by molar-refractivity contribution is 4.95. The normalized spacial score (nSPS) is 12.8. The molecule has 1 aromatic rings. The SMILES string of the molecule is CCCCCCC(Cc1nccn1CC)NCC. The molecule has 0 spiro atoms. The molecule has 104 valence electrons. The van der Waals surface area contributed by atoms with Gasteiger partial charge in [0.15, 0.2) is 0 Å². The summed E-state index contributed by atoms with van der Waals surface area (Å²) in [7, 11) is 0. The van der Waals surface area contributed by atoms with Gasteiger partial charge in [0.05, 0.1) is 0 Å². The number of rotatable bonds is 10. The lowest BCUT2D eigenvalue weighted by atomic mass is 10.0. The third-order valence-electron chi connectivity index (χ3n) is 3.47. The van der Waals surface area contributed by atoms with E-state index in [1.54, 1.807) is 0 Å². The van der Waals surface area contributed by atoms with E-state index >= 15 is 0 Å². The van der Waals surface area contributed by atoms with Gasteiger partial charge in [0.2, 0.25) is 0 Å². The number of unbranched alkanes of at least 4 members (excludes halogenated alkanes) is 3. The molecule has 0 fully saturated rings. The number of hydrogen-bond donors (Lipinski definition) is 1. The number of hydrogen-bond acceptors (Lipinski definition) is 2. The molecule has 1 rings (SSSR count). The van der Waals surface area contributed by atoms with E-state index in [1.807, 2.05) is 6.20 Å². The molecule has 3 nitrogen and oxygen atoms in total. The maximum absolute atomic E-state index is 4.48. The van der Waals surface area contributed by atoms with Gasteiger partial charge in [-0.25, -0.2) is 4.98 Å². The van der Waals surface area contributed by atoms with E-state index in [9.17, 15) is 0 Å². The first kappa shape index (κ1) is 15.2. The van der Waals surface area contributed by atoms with Crippen LogP contribution in [0.5, 0.6) is 0 Å². The molecule has 0 aliphatic carbocycles. The first-order valence-electron chi connectivity index (χ1n) is 7.55. The van der Waals surface area contributed by atoms with Crippen molar-refractivity contribution in [1.82, 2.24) is 14.9 Å². The Labute approximate surface area is 112 Å². The van der Waals surface area contributed by atoms with Crippen LogP contribution in [0.3, 0.4) is 0 Å². The first-order valence-corrected chi connectivity index (χ1v) is 7.55. The van der Waals surface area contributed by atoms with Gasteiger partial charge in [-0.15, -0.1) is 0 Å². The lowest BCUT2D eigenvalue weighted by molar-refractivity contribution is 0.449. The molecular formula is C15H29N3. The number of likely N-dealkylation sites (N-methyl/N-ethyl adjacent to an activating group) is 1. The monoisotopic (exact) mass is 251 g/mol. The van der Waals surface area contributed by atoms with Crippen LogP contribution in [0.15, 0.2) is 12.4 Å². The second-order valence-corrected chi connectivity index (χ2v) is 4.94. The minimum absolute atomic E-state index is 0.583. The highest BCUT2D eigenvalue weighted by Crippen LogP contribution is 2.10. The molecule has 1 unspecified atom stereocenters. The molecule has 0 bridgehead atoms. The Morgan fingerprint density at radius 3 is 2.72 bits per heavy atom. The Morgan fingerprint density at radius 1 is 1.22 bits per heavy atom. The van der Waals surface area contributed by atoms with Crippen LogP contribution < -0.4 is 5.32 Å². The highest BCUT2D eigenvalue weighted by Gasteiger charge is 2.11. The van der Waals surface area contributed by atoms with Crippen LogP contribution in [-0.2, 0) is 13.0 Å². The Hall–Kier alpha value is -0.830. The molecule has 0 saturated heterocycles. The van der Waals surface area contributed by atoms with E-state index < -0.39 is 0 Å². The van der Waals surface area contributed by atoms with Crippen LogP contribution in [0.1, 0.15) is 58.7 Å². The van der Waals surface area contributed by atoms with Gasteiger partial charge in [-0.2, -0.15) is 0 Å². The molecule has 0 aromatic carbocycles. The molecule has 0 amide bonds. The topological polar surface area (TPSA) is 29.9 Å². The van der Waals surface area contributed by atoms with Crippen LogP contribution >= 0.6 is 0 Å². The Balaban J connectivity index is 2.41. The van der Waals surface area contributed by atoms with Crippen molar-refractivity contribution >= 4 is 0 Å². The lowest BCUT2D eigenvalue weighted by Crippen LogP contribution is -2.32. The van der Waals surface area contributed by atoms with Crippen molar-refractivity contribution in [3.63, 3.8) is 0 Å². The average Bonchev–Trinajstić information content (AvgIpc) is 2.82. The Morgan fingerprint density at radius 2 is 2.06 bits per heavy atom. The number of imidazole rings is 1. The first-order chi connectivity index (χ1) is 8.81. The van der Waals surface area contributed by atoms with Gasteiger partial charge in [0.1, 0.15) is 5.82 Å². The molecule has 1 aromatic heterocycles. The third kappa shape index (κ3) is 5.21. The van der Waals surface area contributed by atoms with Crippen molar-refractivity contribution in [3.05, 3.63) is 18.2 Å². The van der Waals surface area contributed by atoms with Gasteiger partial charge in [0, 0.05) is 31.4 Å². The van der Waals surface area contributed by atoms with Gasteiger partial charge < -0.3 is 9.88 Å². The predicted molar refractivity (Wildman–Crippen MR) is 77.8 cm³/mol. The fourth-order valence-corrected chi connectivity index (χ4v) is 2.42. The Kier molecular flexibility index (Phi) is 7.74. The second-order valence-electron chi connectivity index (χ2n) is 4.94. The molecule has 0 aliphatic rings. The van der Waals surface area contributed by atoms with Gasteiger partial charge >= 0.3 is 0 Å². The second kappa shape index (κ2) is 9.15. The van der Waals surface area contributed by atoms with E-state index in [0.29, 0.717) is 6.04 Å². The quantitative estimate of drug-likeness (QED) is 0.646. The van der Waals surface area contributed by atoms with Crippen molar-refractivity contribution in [2.45, 2.75) is 71.9 Å². The van der Waals surface area contributed by atoms with Crippen LogP contribution in [0.4, 0.5) is 0 Å². The van der Waals surface area contributed by atoms with Crippen molar-refractivity contribution in [3.8, 4) is 0 Å². The number of nitrogens with zero attached hydrogens (tertiary/aromatic N) is 2. The lowest BCUT2D eigenvalue weighted by Gasteiger charge is -2.18. The van der Waals surface area contributed by atoms with Gasteiger partial charge in [-0.05, 0) is 19.9 Å². The minimum atomic E-state index is 0.583. The molecule has 1 atom stereocenters. The van der Waals surface area contributed by atoms with E-state index in [4.69, 9.17) is 0 Å². The summed E-state index contributed by atoms with van der Waals surface area (Å²) in [5.74, 6) is 1.22. The molecule has 0 radical (unpaired) electrons. The van der Waals surface area contributed by atoms with Crippen LogP contribution in [-0.4, -0.2) is 22.1 Å². The largest absolute Gasteiger partial charge is 0.335 e. The highest BCUT2D eigenvalue weighted by atomic mass is 15.1. The fourth-order valence-electron chi connectivity index (χ4n) is 2.42. The smallest absolute Gasteiger partial charge is 0.110 e. The summed E-state index contributed by atoms with van der Waals surface area (Å²) in [6.07, 6.45) is 11.7. The summed E-state index contributed by atoms with van der Waals surface area (Å²) in [4.78, 5) is 4.48. The number of aryl methyl sites for hydroxylation is 1. The fraction of sp³-hybridized carbons (Fsp3) is 0.800. The third-order valence-corrected chi connectivity index (χ3v) is 3.47. The summed E-state index contributed by atoms with van der Waals surface area (Å²) < 4.78 is 2.25. The summed E-state index contributed by atoms with van der Waals surface area (Å²) >= 11 is 0. The van der Waals surface area contributed by atoms with E-state index in [0.717, 1.165) is 19.5 Å². The van der Waals surface area contributed by atoms with E-state index in [-0.39, 0.29) is 0 Å². The summed E-state index contributed by atoms with van der Waals surface area (Å²) in [6.45, 7) is 8.69. The van der Waals surface area contributed by atoms with Crippen LogP contribution in [0, 0.1) is 0 Å². The van der Waals surface area contributed by atoms with Crippen molar-refractivity contribution < 1.29 is 0 Å². The zero-order valence-electron chi connectivity index (χ0n) is 12.3. The zero-order chi connectivity index (χ0) is 13.2. The maximum Gasteiger partial charge on any atom is 0.110 e. The van der Waals surface area contributed by atoms with E-state index in [2.05, 4.69) is 41.8 Å². The van der Waals surface area contributed by atoms with Gasteiger partial charge in [-0.1, -0.05) is 39.5 Å². The van der Waals surface area contributed by atoms with Crippen molar-refractivity contribution in [2.75, 3.05) is 6.54 Å².